The number of hydrogen-bond donors (Lipinski definition) is 2. The zero-order chi connectivity index (χ0) is 13.4. The van der Waals surface area contributed by atoms with Gasteiger partial charge in [-0.05, 0) is 13.3 Å². The zero-order valence-corrected chi connectivity index (χ0v) is 10.2. The molecule has 0 aliphatic rings. The highest BCUT2D eigenvalue weighted by Gasteiger charge is 2.25. The number of carbonyl (C=O) groups excluding carboxylic acids is 1. The molecule has 1 unspecified atom stereocenters. The molecule has 1 atom stereocenters. The summed E-state index contributed by atoms with van der Waals surface area (Å²) >= 11 is 0. The molecule has 0 saturated heterocycles. The maximum Gasteiger partial charge on any atom is 0.320 e. The second-order valence-corrected chi connectivity index (χ2v) is 3.96. The minimum Gasteiger partial charge on any atom is -0.481 e. The molecule has 17 heavy (non-hydrogen) atoms. The molecule has 0 rings (SSSR count). The highest BCUT2D eigenvalue weighted by Crippen LogP contribution is 2.08. The standard InChI is InChI=1S/C11H19NO5/c1-3-4-9(11(16)17)12(7-8(2)13)6-5-10(14)15/h9H,3-7H2,1-2H3,(H,14,15)(H,16,17). The molecule has 0 amide bonds. The lowest BCUT2D eigenvalue weighted by Crippen LogP contribution is -2.44. The predicted molar refractivity (Wildman–Crippen MR) is 60.8 cm³/mol. The van der Waals surface area contributed by atoms with Crippen molar-refractivity contribution in [2.24, 2.45) is 0 Å². The van der Waals surface area contributed by atoms with Crippen LogP contribution in [0, 0.1) is 0 Å². The van der Waals surface area contributed by atoms with Gasteiger partial charge in [-0.2, -0.15) is 0 Å². The average molecular weight is 245 g/mol. The number of hydrogen-bond acceptors (Lipinski definition) is 4. The average Bonchev–Trinajstić information content (AvgIpc) is 2.20. The molecule has 0 heterocycles. The summed E-state index contributed by atoms with van der Waals surface area (Å²) in [6.45, 7) is 3.26. The van der Waals surface area contributed by atoms with E-state index in [1.807, 2.05) is 6.92 Å². The fourth-order valence-electron chi connectivity index (χ4n) is 1.61. The second-order valence-electron chi connectivity index (χ2n) is 3.96. The summed E-state index contributed by atoms with van der Waals surface area (Å²) in [5.74, 6) is -2.18. The van der Waals surface area contributed by atoms with Crippen molar-refractivity contribution < 1.29 is 24.6 Å². The Morgan fingerprint density at radius 3 is 2.18 bits per heavy atom. The van der Waals surface area contributed by atoms with E-state index in [1.165, 1.54) is 11.8 Å². The maximum atomic E-state index is 11.1. The Kier molecular flexibility index (Phi) is 7.13. The number of Topliss-reactive ketones (excluding diaryl/α,β-unsaturated/α-hetero) is 1. The first-order valence-corrected chi connectivity index (χ1v) is 5.56. The van der Waals surface area contributed by atoms with Gasteiger partial charge in [-0.3, -0.25) is 19.3 Å². The van der Waals surface area contributed by atoms with E-state index in [0.29, 0.717) is 12.8 Å². The van der Waals surface area contributed by atoms with Crippen LogP contribution in [0.15, 0.2) is 0 Å². The lowest BCUT2D eigenvalue weighted by molar-refractivity contribution is -0.146. The molecule has 0 saturated carbocycles. The quantitative estimate of drug-likeness (QED) is 0.618. The molecule has 2 N–H and O–H groups in total. The topological polar surface area (TPSA) is 94.9 Å². The van der Waals surface area contributed by atoms with E-state index in [-0.39, 0.29) is 25.3 Å². The Bertz CT molecular complexity index is 290. The molecule has 0 spiro atoms. The highest BCUT2D eigenvalue weighted by molar-refractivity contribution is 5.79. The van der Waals surface area contributed by atoms with E-state index in [4.69, 9.17) is 10.2 Å². The number of rotatable bonds is 9. The van der Waals surface area contributed by atoms with Crippen LogP contribution in [-0.4, -0.2) is 52.0 Å². The summed E-state index contributed by atoms with van der Waals surface area (Å²) < 4.78 is 0. The number of carboxylic acids is 2. The number of carbonyl (C=O) groups is 3. The number of ketones is 1. The van der Waals surface area contributed by atoms with Crippen LogP contribution in [0.4, 0.5) is 0 Å². The smallest absolute Gasteiger partial charge is 0.320 e. The molecule has 6 nitrogen and oxygen atoms in total. The fraction of sp³-hybridized carbons (Fsp3) is 0.727. The Labute approximate surface area is 100 Å². The summed E-state index contributed by atoms with van der Waals surface area (Å²) in [5.41, 5.74) is 0. The van der Waals surface area contributed by atoms with Gasteiger partial charge in [0.1, 0.15) is 11.8 Å². The van der Waals surface area contributed by atoms with Crippen LogP contribution in [0.25, 0.3) is 0 Å². The molecule has 0 aromatic heterocycles. The molecular weight excluding hydrogens is 226 g/mol. The van der Waals surface area contributed by atoms with Crippen LogP contribution in [0.1, 0.15) is 33.1 Å². The Morgan fingerprint density at radius 2 is 1.82 bits per heavy atom. The van der Waals surface area contributed by atoms with E-state index in [1.54, 1.807) is 0 Å². The first-order chi connectivity index (χ1) is 7.88. The number of nitrogens with zero attached hydrogens (tertiary/aromatic N) is 1. The molecule has 98 valence electrons. The predicted octanol–water partition coefficient (Wildman–Crippen LogP) is 0.605. The van der Waals surface area contributed by atoms with E-state index < -0.39 is 18.0 Å². The third-order valence-electron chi connectivity index (χ3n) is 2.33. The third-order valence-corrected chi connectivity index (χ3v) is 2.33. The molecule has 0 bridgehead atoms. The van der Waals surface area contributed by atoms with Crippen molar-refractivity contribution in [2.45, 2.75) is 39.2 Å². The van der Waals surface area contributed by atoms with Gasteiger partial charge >= 0.3 is 11.9 Å². The van der Waals surface area contributed by atoms with Crippen LogP contribution < -0.4 is 0 Å². The summed E-state index contributed by atoms with van der Waals surface area (Å²) in [6, 6.07) is -0.789. The molecule has 0 aromatic rings. The molecule has 0 fully saturated rings. The van der Waals surface area contributed by atoms with Crippen LogP contribution in [0.5, 0.6) is 0 Å². The summed E-state index contributed by atoms with van der Waals surface area (Å²) in [5, 5.41) is 17.6. The van der Waals surface area contributed by atoms with Gasteiger partial charge < -0.3 is 10.2 Å². The van der Waals surface area contributed by atoms with Crippen molar-refractivity contribution in [2.75, 3.05) is 13.1 Å². The molecule has 0 aromatic carbocycles. The first-order valence-electron chi connectivity index (χ1n) is 5.56. The van der Waals surface area contributed by atoms with Crippen molar-refractivity contribution in [3.63, 3.8) is 0 Å². The van der Waals surface area contributed by atoms with Gasteiger partial charge in [0.05, 0.1) is 13.0 Å². The Hall–Kier alpha value is -1.43. The van der Waals surface area contributed by atoms with Crippen molar-refractivity contribution in [3.8, 4) is 0 Å². The molecular formula is C11H19NO5. The van der Waals surface area contributed by atoms with Gasteiger partial charge in [0.15, 0.2) is 0 Å². The highest BCUT2D eigenvalue weighted by atomic mass is 16.4. The van der Waals surface area contributed by atoms with Gasteiger partial charge in [-0.15, -0.1) is 0 Å². The monoisotopic (exact) mass is 245 g/mol. The van der Waals surface area contributed by atoms with Crippen LogP contribution in [0.2, 0.25) is 0 Å². The summed E-state index contributed by atoms with van der Waals surface area (Å²) in [4.78, 5) is 34.0. The SMILES string of the molecule is CCCC(C(=O)O)N(CCC(=O)O)CC(C)=O. The summed E-state index contributed by atoms with van der Waals surface area (Å²) in [7, 11) is 0. The van der Waals surface area contributed by atoms with Crippen molar-refractivity contribution >= 4 is 17.7 Å². The Morgan fingerprint density at radius 1 is 1.24 bits per heavy atom. The minimum absolute atomic E-state index is 0.0236. The van der Waals surface area contributed by atoms with Gasteiger partial charge in [0.25, 0.3) is 0 Å². The number of carboxylic acid groups (broad SMARTS) is 2. The number of aliphatic carboxylic acids is 2. The minimum atomic E-state index is -1.02. The molecule has 0 aliphatic heterocycles. The van der Waals surface area contributed by atoms with Crippen LogP contribution in [0.3, 0.4) is 0 Å². The van der Waals surface area contributed by atoms with Crippen LogP contribution >= 0.6 is 0 Å². The molecule has 6 heteroatoms. The zero-order valence-electron chi connectivity index (χ0n) is 10.2. The second kappa shape index (κ2) is 7.78. The van der Waals surface area contributed by atoms with Crippen LogP contribution in [-0.2, 0) is 14.4 Å². The normalized spacial score (nSPS) is 12.4. The van der Waals surface area contributed by atoms with Gasteiger partial charge in [-0.1, -0.05) is 13.3 Å². The lowest BCUT2D eigenvalue weighted by atomic mass is 10.1. The van der Waals surface area contributed by atoms with Crippen molar-refractivity contribution in [1.29, 1.82) is 0 Å². The van der Waals surface area contributed by atoms with E-state index in [0.717, 1.165) is 0 Å². The molecule has 0 aliphatic carbocycles. The van der Waals surface area contributed by atoms with Crippen molar-refractivity contribution in [3.05, 3.63) is 0 Å². The maximum absolute atomic E-state index is 11.1. The van der Waals surface area contributed by atoms with E-state index in [2.05, 4.69) is 0 Å². The van der Waals surface area contributed by atoms with E-state index in [9.17, 15) is 14.4 Å². The summed E-state index contributed by atoms with van der Waals surface area (Å²) in [6.07, 6.45) is 0.904. The van der Waals surface area contributed by atoms with E-state index >= 15 is 0 Å². The third kappa shape index (κ3) is 6.68. The Balaban J connectivity index is 4.65. The lowest BCUT2D eigenvalue weighted by Gasteiger charge is -2.27. The van der Waals surface area contributed by atoms with Gasteiger partial charge in [-0.25, -0.2) is 0 Å². The fourth-order valence-corrected chi connectivity index (χ4v) is 1.61. The largest absolute Gasteiger partial charge is 0.481 e. The van der Waals surface area contributed by atoms with Gasteiger partial charge in [0.2, 0.25) is 0 Å². The van der Waals surface area contributed by atoms with Crippen molar-refractivity contribution in [1.82, 2.24) is 4.90 Å². The molecule has 0 radical (unpaired) electrons. The first kappa shape index (κ1) is 15.6. The van der Waals surface area contributed by atoms with Gasteiger partial charge in [0, 0.05) is 6.54 Å².